The van der Waals surface area contributed by atoms with Crippen molar-refractivity contribution in [2.24, 2.45) is 0 Å². The van der Waals surface area contributed by atoms with E-state index in [0.717, 1.165) is 29.3 Å². The Hall–Kier alpha value is -2.65. The molecule has 1 amide bonds. The minimum absolute atomic E-state index is 0.124. The average Bonchev–Trinajstić information content (AvgIpc) is 2.78. The highest BCUT2D eigenvalue weighted by Crippen LogP contribution is 2.27. The van der Waals surface area contributed by atoms with Gasteiger partial charge in [-0.1, -0.05) is 12.8 Å². The first-order chi connectivity index (χ1) is 15.2. The highest BCUT2D eigenvalue weighted by molar-refractivity contribution is 7.92. The Kier molecular flexibility index (Phi) is 7.73. The van der Waals surface area contributed by atoms with Crippen molar-refractivity contribution in [2.45, 2.75) is 49.6 Å². The van der Waals surface area contributed by atoms with Crippen LogP contribution in [-0.4, -0.2) is 56.7 Å². The minimum Gasteiger partial charge on any atom is -0.494 e. The summed E-state index contributed by atoms with van der Waals surface area (Å²) in [4.78, 5) is 14.4. The predicted octanol–water partition coefficient (Wildman–Crippen LogP) is 3.18. The predicted molar refractivity (Wildman–Crippen MR) is 120 cm³/mol. The summed E-state index contributed by atoms with van der Waals surface area (Å²) in [5.41, 5.74) is 0.281. The van der Waals surface area contributed by atoms with Gasteiger partial charge >= 0.3 is 0 Å². The third-order valence-electron chi connectivity index (χ3n) is 5.70. The molecule has 1 saturated carbocycles. The molecule has 0 spiro atoms. The number of carbonyl (C=O) groups excluding carboxylic acids is 1. The number of anilines is 1. The topological polar surface area (TPSA) is 87.2 Å². The number of amides is 1. The molecule has 0 heterocycles. The number of rotatable bonds is 8. The van der Waals surface area contributed by atoms with Gasteiger partial charge in [-0.3, -0.25) is 9.10 Å². The Bertz CT molecular complexity index is 1010. The van der Waals surface area contributed by atoms with E-state index in [4.69, 9.17) is 4.74 Å². The van der Waals surface area contributed by atoms with Crippen LogP contribution in [0.5, 0.6) is 5.75 Å². The standard InChI is InChI=1S/C23H29FN2O5S/c1-3-31-19-12-10-18(11-13-19)26(32(29,30)20-14-8-17(24)9-15-20)16-23(28)25(2)21-6-4-5-7-22(21)27/h8-15,21-22,27H,3-7,16H2,1-2H3. The fourth-order valence-corrected chi connectivity index (χ4v) is 5.30. The average molecular weight is 465 g/mol. The molecule has 7 nitrogen and oxygen atoms in total. The van der Waals surface area contributed by atoms with E-state index in [-0.39, 0.29) is 16.6 Å². The van der Waals surface area contributed by atoms with Crippen LogP contribution in [0, 0.1) is 5.82 Å². The van der Waals surface area contributed by atoms with Crippen molar-refractivity contribution < 1.29 is 27.4 Å². The van der Waals surface area contributed by atoms with Crippen LogP contribution in [0.2, 0.25) is 0 Å². The third kappa shape index (κ3) is 5.39. The number of sulfonamides is 1. The van der Waals surface area contributed by atoms with E-state index in [9.17, 15) is 22.7 Å². The maximum atomic E-state index is 13.4. The number of hydrogen-bond donors (Lipinski definition) is 1. The Morgan fingerprint density at radius 1 is 1.09 bits per heavy atom. The number of likely N-dealkylation sites (N-methyl/N-ethyl adjacent to an activating group) is 1. The molecule has 1 fully saturated rings. The third-order valence-corrected chi connectivity index (χ3v) is 7.49. The molecule has 32 heavy (non-hydrogen) atoms. The molecule has 0 aliphatic heterocycles. The quantitative estimate of drug-likeness (QED) is 0.648. The summed E-state index contributed by atoms with van der Waals surface area (Å²) >= 11 is 0. The van der Waals surface area contributed by atoms with Crippen LogP contribution in [-0.2, 0) is 14.8 Å². The van der Waals surface area contributed by atoms with E-state index in [1.165, 1.54) is 17.0 Å². The smallest absolute Gasteiger partial charge is 0.264 e. The first-order valence-corrected chi connectivity index (χ1v) is 12.1. The van der Waals surface area contributed by atoms with E-state index >= 15 is 0 Å². The molecule has 1 aliphatic rings. The molecule has 0 saturated heterocycles. The molecule has 2 unspecified atom stereocenters. The first kappa shape index (κ1) is 24.0. The van der Waals surface area contributed by atoms with E-state index in [0.29, 0.717) is 25.2 Å². The fourth-order valence-electron chi connectivity index (χ4n) is 3.89. The molecule has 2 atom stereocenters. The van der Waals surface area contributed by atoms with E-state index in [1.807, 2.05) is 6.92 Å². The summed E-state index contributed by atoms with van der Waals surface area (Å²) < 4.78 is 46.6. The molecule has 2 aromatic rings. The van der Waals surface area contributed by atoms with Crippen molar-refractivity contribution >= 4 is 21.6 Å². The van der Waals surface area contributed by atoms with Crippen molar-refractivity contribution in [3.8, 4) is 5.75 Å². The molecule has 2 aromatic carbocycles. The molecule has 174 valence electrons. The largest absolute Gasteiger partial charge is 0.494 e. The summed E-state index contributed by atoms with van der Waals surface area (Å²) in [6.45, 7) is 1.85. The van der Waals surface area contributed by atoms with Gasteiger partial charge in [-0.2, -0.15) is 0 Å². The van der Waals surface area contributed by atoms with Gasteiger partial charge in [-0.25, -0.2) is 12.8 Å². The first-order valence-electron chi connectivity index (χ1n) is 10.7. The Morgan fingerprint density at radius 3 is 2.31 bits per heavy atom. The lowest BCUT2D eigenvalue weighted by Gasteiger charge is -2.36. The molecule has 9 heteroatoms. The van der Waals surface area contributed by atoms with Gasteiger partial charge in [0.15, 0.2) is 0 Å². The molecule has 0 radical (unpaired) electrons. The molecule has 1 N–H and O–H groups in total. The molecule has 3 rings (SSSR count). The van der Waals surface area contributed by atoms with Crippen LogP contribution in [0.25, 0.3) is 0 Å². The lowest BCUT2D eigenvalue weighted by Crippen LogP contribution is -2.50. The fraction of sp³-hybridized carbons (Fsp3) is 0.435. The van der Waals surface area contributed by atoms with Crippen LogP contribution in [0.15, 0.2) is 53.4 Å². The van der Waals surface area contributed by atoms with Gasteiger partial charge in [0.1, 0.15) is 18.1 Å². The summed E-state index contributed by atoms with van der Waals surface area (Å²) in [5.74, 6) is -0.418. The number of halogens is 1. The number of benzene rings is 2. The summed E-state index contributed by atoms with van der Waals surface area (Å²) in [6.07, 6.45) is 2.44. The zero-order chi connectivity index (χ0) is 23.3. The second-order valence-electron chi connectivity index (χ2n) is 7.82. The van der Waals surface area contributed by atoms with Crippen LogP contribution >= 0.6 is 0 Å². The van der Waals surface area contributed by atoms with Gasteiger partial charge < -0.3 is 14.7 Å². The normalized spacial score (nSPS) is 18.8. The maximum absolute atomic E-state index is 13.4. The van der Waals surface area contributed by atoms with Crippen LogP contribution in [0.1, 0.15) is 32.6 Å². The second kappa shape index (κ2) is 10.3. The van der Waals surface area contributed by atoms with Gasteiger partial charge in [-0.05, 0) is 68.3 Å². The van der Waals surface area contributed by atoms with Gasteiger partial charge in [0.25, 0.3) is 10.0 Å². The number of aliphatic hydroxyl groups is 1. The highest BCUT2D eigenvalue weighted by Gasteiger charge is 2.33. The van der Waals surface area contributed by atoms with Crippen LogP contribution in [0.4, 0.5) is 10.1 Å². The number of nitrogens with zero attached hydrogens (tertiary/aromatic N) is 2. The van der Waals surface area contributed by atoms with Crippen molar-refractivity contribution in [1.29, 1.82) is 0 Å². The zero-order valence-corrected chi connectivity index (χ0v) is 19.1. The Morgan fingerprint density at radius 2 is 1.72 bits per heavy atom. The summed E-state index contributed by atoms with van der Waals surface area (Å²) in [6, 6.07) is 10.5. The van der Waals surface area contributed by atoms with Crippen molar-refractivity contribution in [1.82, 2.24) is 4.90 Å². The highest BCUT2D eigenvalue weighted by atomic mass is 32.2. The van der Waals surface area contributed by atoms with Crippen LogP contribution in [0.3, 0.4) is 0 Å². The SMILES string of the molecule is CCOc1ccc(N(CC(=O)N(C)C2CCCCC2O)S(=O)(=O)c2ccc(F)cc2)cc1. The zero-order valence-electron chi connectivity index (χ0n) is 18.3. The van der Waals surface area contributed by atoms with E-state index in [1.54, 1.807) is 31.3 Å². The number of aliphatic hydroxyl groups excluding tert-OH is 1. The van der Waals surface area contributed by atoms with Gasteiger partial charge in [0.05, 0.1) is 29.3 Å². The monoisotopic (exact) mass is 464 g/mol. The van der Waals surface area contributed by atoms with Crippen molar-refractivity contribution in [2.75, 3.05) is 24.5 Å². The molecular weight excluding hydrogens is 435 g/mol. The van der Waals surface area contributed by atoms with E-state index in [2.05, 4.69) is 0 Å². The van der Waals surface area contributed by atoms with Crippen LogP contribution < -0.4 is 9.04 Å². The lowest BCUT2D eigenvalue weighted by atomic mass is 9.91. The number of hydrogen-bond acceptors (Lipinski definition) is 5. The lowest BCUT2D eigenvalue weighted by molar-refractivity contribution is -0.133. The van der Waals surface area contributed by atoms with Crippen molar-refractivity contribution in [3.63, 3.8) is 0 Å². The Labute approximate surface area is 188 Å². The molecular formula is C23H29FN2O5S. The Balaban J connectivity index is 1.92. The van der Waals surface area contributed by atoms with Gasteiger partial charge in [0.2, 0.25) is 5.91 Å². The molecule has 0 bridgehead atoms. The summed E-state index contributed by atoms with van der Waals surface area (Å²) in [5, 5.41) is 10.3. The van der Waals surface area contributed by atoms with Gasteiger partial charge in [-0.15, -0.1) is 0 Å². The minimum atomic E-state index is -4.15. The summed E-state index contributed by atoms with van der Waals surface area (Å²) in [7, 11) is -2.57. The van der Waals surface area contributed by atoms with E-state index < -0.39 is 34.4 Å². The molecule has 0 aromatic heterocycles. The van der Waals surface area contributed by atoms with Crippen molar-refractivity contribution in [3.05, 3.63) is 54.3 Å². The second-order valence-corrected chi connectivity index (χ2v) is 9.68. The van der Waals surface area contributed by atoms with Gasteiger partial charge in [0, 0.05) is 7.05 Å². The number of ether oxygens (including phenoxy) is 1. The molecule has 1 aliphatic carbocycles. The number of carbonyl (C=O) groups is 1. The maximum Gasteiger partial charge on any atom is 0.264 e.